The molecule has 2 heteroatoms. The molecule has 0 aliphatic rings. The van der Waals surface area contributed by atoms with Crippen LogP contribution in [0, 0.1) is 17.8 Å². The van der Waals surface area contributed by atoms with E-state index in [1.165, 1.54) is 0 Å². The molecular formula is C11H23NO. The predicted octanol–water partition coefficient (Wildman–Crippen LogP) is 2.44. The number of carbonyl (C=O) groups is 1. The van der Waals surface area contributed by atoms with Crippen LogP contribution in [0.5, 0.6) is 0 Å². The quantitative estimate of drug-likeness (QED) is 0.700. The van der Waals surface area contributed by atoms with Crippen molar-refractivity contribution in [3.63, 3.8) is 0 Å². The standard InChI is InChI=1S/C11H23NO/c1-8(2)6-10(5)11(13)12-7-9(3)4/h8-10H,6-7H2,1-5H3,(H,12,13)/t10-/m0/s1. The summed E-state index contributed by atoms with van der Waals surface area (Å²) in [6.45, 7) is 11.3. The average molecular weight is 185 g/mol. The van der Waals surface area contributed by atoms with E-state index in [0.29, 0.717) is 11.8 Å². The highest BCUT2D eigenvalue weighted by Gasteiger charge is 2.13. The van der Waals surface area contributed by atoms with Gasteiger partial charge in [0, 0.05) is 12.5 Å². The second-order valence-electron chi connectivity index (χ2n) is 4.67. The monoisotopic (exact) mass is 185 g/mol. The van der Waals surface area contributed by atoms with Crippen molar-refractivity contribution in [2.45, 2.75) is 41.0 Å². The van der Waals surface area contributed by atoms with Crippen molar-refractivity contribution in [2.75, 3.05) is 6.54 Å². The second-order valence-corrected chi connectivity index (χ2v) is 4.67. The van der Waals surface area contributed by atoms with Gasteiger partial charge in [-0.3, -0.25) is 4.79 Å². The maximum absolute atomic E-state index is 11.5. The molecule has 0 aliphatic heterocycles. The fraction of sp³-hybridized carbons (Fsp3) is 0.909. The van der Waals surface area contributed by atoms with Crippen LogP contribution >= 0.6 is 0 Å². The van der Waals surface area contributed by atoms with Gasteiger partial charge in [-0.25, -0.2) is 0 Å². The van der Waals surface area contributed by atoms with Crippen LogP contribution in [0.2, 0.25) is 0 Å². The van der Waals surface area contributed by atoms with Crippen molar-refractivity contribution in [3.05, 3.63) is 0 Å². The first-order valence-electron chi connectivity index (χ1n) is 5.21. The zero-order valence-corrected chi connectivity index (χ0v) is 9.55. The van der Waals surface area contributed by atoms with Gasteiger partial charge in [-0.2, -0.15) is 0 Å². The molecule has 0 aliphatic carbocycles. The Kier molecular flexibility index (Phi) is 5.76. The highest BCUT2D eigenvalue weighted by Crippen LogP contribution is 2.10. The summed E-state index contributed by atoms with van der Waals surface area (Å²) in [6.07, 6.45) is 0.976. The van der Waals surface area contributed by atoms with Gasteiger partial charge in [-0.1, -0.05) is 34.6 Å². The zero-order valence-electron chi connectivity index (χ0n) is 9.55. The van der Waals surface area contributed by atoms with E-state index < -0.39 is 0 Å². The summed E-state index contributed by atoms with van der Waals surface area (Å²) in [4.78, 5) is 11.5. The first-order valence-corrected chi connectivity index (χ1v) is 5.21. The van der Waals surface area contributed by atoms with Crippen molar-refractivity contribution in [2.24, 2.45) is 17.8 Å². The molecule has 1 atom stereocenters. The molecule has 0 aromatic carbocycles. The van der Waals surface area contributed by atoms with Gasteiger partial charge in [-0.15, -0.1) is 0 Å². The van der Waals surface area contributed by atoms with Gasteiger partial charge in [0.05, 0.1) is 0 Å². The minimum Gasteiger partial charge on any atom is -0.356 e. The van der Waals surface area contributed by atoms with E-state index in [-0.39, 0.29) is 11.8 Å². The first kappa shape index (κ1) is 12.5. The molecular weight excluding hydrogens is 162 g/mol. The predicted molar refractivity (Wildman–Crippen MR) is 56.5 cm³/mol. The van der Waals surface area contributed by atoms with Crippen LogP contribution in [0.15, 0.2) is 0 Å². The topological polar surface area (TPSA) is 29.1 Å². The van der Waals surface area contributed by atoms with Crippen molar-refractivity contribution >= 4 is 5.91 Å². The molecule has 0 heterocycles. The fourth-order valence-corrected chi connectivity index (χ4v) is 1.29. The second kappa shape index (κ2) is 6.01. The largest absolute Gasteiger partial charge is 0.356 e. The molecule has 0 radical (unpaired) electrons. The van der Waals surface area contributed by atoms with Gasteiger partial charge in [0.15, 0.2) is 0 Å². The Balaban J connectivity index is 3.69. The average Bonchev–Trinajstić information content (AvgIpc) is 1.98. The molecule has 0 fully saturated rings. The molecule has 0 spiro atoms. The Morgan fingerprint density at radius 2 is 1.62 bits per heavy atom. The Hall–Kier alpha value is -0.530. The number of rotatable bonds is 5. The number of hydrogen-bond donors (Lipinski definition) is 1. The third kappa shape index (κ3) is 6.62. The summed E-state index contributed by atoms with van der Waals surface area (Å²) >= 11 is 0. The van der Waals surface area contributed by atoms with Crippen molar-refractivity contribution in [3.8, 4) is 0 Å². The normalized spacial score (nSPS) is 13.5. The SMILES string of the molecule is CC(C)CNC(=O)[C@@H](C)CC(C)C. The molecule has 1 N–H and O–H groups in total. The lowest BCUT2D eigenvalue weighted by molar-refractivity contribution is -0.125. The molecule has 1 amide bonds. The third-order valence-electron chi connectivity index (χ3n) is 1.96. The lowest BCUT2D eigenvalue weighted by Crippen LogP contribution is -2.32. The van der Waals surface area contributed by atoms with E-state index in [4.69, 9.17) is 0 Å². The van der Waals surface area contributed by atoms with Crippen LogP contribution < -0.4 is 5.32 Å². The van der Waals surface area contributed by atoms with E-state index in [2.05, 4.69) is 33.0 Å². The number of amides is 1. The Morgan fingerprint density at radius 1 is 1.08 bits per heavy atom. The zero-order chi connectivity index (χ0) is 10.4. The van der Waals surface area contributed by atoms with E-state index in [9.17, 15) is 4.79 Å². The Bertz CT molecular complexity index is 152. The molecule has 13 heavy (non-hydrogen) atoms. The summed E-state index contributed by atoms with van der Waals surface area (Å²) < 4.78 is 0. The van der Waals surface area contributed by atoms with Gasteiger partial charge in [0.2, 0.25) is 5.91 Å². The van der Waals surface area contributed by atoms with Crippen LogP contribution in [-0.2, 0) is 4.79 Å². The molecule has 0 aromatic rings. The molecule has 0 saturated carbocycles. The van der Waals surface area contributed by atoms with Crippen LogP contribution in [0.4, 0.5) is 0 Å². The molecule has 0 bridgehead atoms. The molecule has 0 saturated heterocycles. The van der Waals surface area contributed by atoms with Crippen LogP contribution in [-0.4, -0.2) is 12.5 Å². The maximum Gasteiger partial charge on any atom is 0.222 e. The summed E-state index contributed by atoms with van der Waals surface area (Å²) in [6, 6.07) is 0. The lowest BCUT2D eigenvalue weighted by Gasteiger charge is -2.14. The lowest BCUT2D eigenvalue weighted by atomic mass is 9.98. The molecule has 0 rings (SSSR count). The number of nitrogens with one attached hydrogen (secondary N) is 1. The highest BCUT2D eigenvalue weighted by atomic mass is 16.1. The van der Waals surface area contributed by atoms with Crippen LogP contribution in [0.3, 0.4) is 0 Å². The van der Waals surface area contributed by atoms with Gasteiger partial charge in [0.25, 0.3) is 0 Å². The minimum atomic E-state index is 0.152. The third-order valence-corrected chi connectivity index (χ3v) is 1.96. The fourth-order valence-electron chi connectivity index (χ4n) is 1.29. The summed E-state index contributed by atoms with van der Waals surface area (Å²) in [5.41, 5.74) is 0. The Morgan fingerprint density at radius 3 is 2.00 bits per heavy atom. The van der Waals surface area contributed by atoms with Crippen molar-refractivity contribution in [1.29, 1.82) is 0 Å². The van der Waals surface area contributed by atoms with Crippen molar-refractivity contribution in [1.82, 2.24) is 5.32 Å². The smallest absolute Gasteiger partial charge is 0.222 e. The number of hydrogen-bond acceptors (Lipinski definition) is 1. The van der Waals surface area contributed by atoms with Gasteiger partial charge >= 0.3 is 0 Å². The van der Waals surface area contributed by atoms with E-state index in [1.54, 1.807) is 0 Å². The van der Waals surface area contributed by atoms with Gasteiger partial charge in [0.1, 0.15) is 0 Å². The van der Waals surface area contributed by atoms with Crippen LogP contribution in [0.1, 0.15) is 41.0 Å². The van der Waals surface area contributed by atoms with Gasteiger partial charge < -0.3 is 5.32 Å². The summed E-state index contributed by atoms with van der Waals surface area (Å²) in [5.74, 6) is 1.48. The molecule has 2 nitrogen and oxygen atoms in total. The summed E-state index contributed by atoms with van der Waals surface area (Å²) in [5, 5.41) is 2.95. The maximum atomic E-state index is 11.5. The molecule has 0 unspecified atom stereocenters. The highest BCUT2D eigenvalue weighted by molar-refractivity contribution is 5.78. The van der Waals surface area contributed by atoms with E-state index >= 15 is 0 Å². The Labute approximate surface area is 82.1 Å². The van der Waals surface area contributed by atoms with E-state index in [1.807, 2.05) is 6.92 Å². The molecule has 0 aromatic heterocycles. The van der Waals surface area contributed by atoms with Crippen LogP contribution in [0.25, 0.3) is 0 Å². The minimum absolute atomic E-state index is 0.152. The number of carbonyl (C=O) groups excluding carboxylic acids is 1. The first-order chi connectivity index (χ1) is 5.93. The van der Waals surface area contributed by atoms with Crippen molar-refractivity contribution < 1.29 is 4.79 Å². The summed E-state index contributed by atoms with van der Waals surface area (Å²) in [7, 11) is 0. The van der Waals surface area contributed by atoms with Gasteiger partial charge in [-0.05, 0) is 18.3 Å². The van der Waals surface area contributed by atoms with E-state index in [0.717, 1.165) is 13.0 Å². The molecule has 78 valence electrons.